The number of hydrogen-bond donors (Lipinski definition) is 4. The van der Waals surface area contributed by atoms with Crippen molar-refractivity contribution < 1.29 is 14.2 Å². The van der Waals surface area contributed by atoms with Gasteiger partial charge in [0.15, 0.2) is 6.23 Å². The highest BCUT2D eigenvalue weighted by Crippen LogP contribution is 2.37. The Morgan fingerprint density at radius 2 is 1.86 bits per heavy atom. The maximum Gasteiger partial charge on any atom is 0.213 e. The predicted octanol–water partition coefficient (Wildman–Crippen LogP) is 4.41. The molecule has 1 spiro atoms. The monoisotopic (exact) mass is 513 g/mol. The lowest BCUT2D eigenvalue weighted by Crippen LogP contribution is -2.49. The van der Waals surface area contributed by atoms with Gasteiger partial charge in [-0.05, 0) is 36.4 Å². The summed E-state index contributed by atoms with van der Waals surface area (Å²) in [6, 6.07) is 10.7. The number of halogens is 2. The van der Waals surface area contributed by atoms with Crippen LogP contribution in [0.15, 0.2) is 48.8 Å². The highest BCUT2D eigenvalue weighted by molar-refractivity contribution is 6.35. The van der Waals surface area contributed by atoms with Crippen LogP contribution in [0.5, 0.6) is 11.5 Å². The number of ether oxygens (including phenoxy) is 3. The molecular formula is C25H25Cl2N5O3. The third kappa shape index (κ3) is 4.80. The van der Waals surface area contributed by atoms with Crippen LogP contribution in [-0.2, 0) is 11.3 Å². The molecule has 8 nitrogen and oxygen atoms in total. The molecule has 35 heavy (non-hydrogen) atoms. The minimum Gasteiger partial charge on any atom is -0.471 e. The number of nitrogens with zero attached hydrogens (tertiary/aromatic N) is 1. The van der Waals surface area contributed by atoms with E-state index < -0.39 is 12.0 Å². The summed E-state index contributed by atoms with van der Waals surface area (Å²) in [6.07, 6.45) is 3.57. The Morgan fingerprint density at radius 3 is 2.60 bits per heavy atom. The van der Waals surface area contributed by atoms with E-state index in [0.717, 1.165) is 37.2 Å². The Kier molecular flexibility index (Phi) is 6.57. The third-order valence-corrected chi connectivity index (χ3v) is 6.84. The largest absolute Gasteiger partial charge is 0.471 e. The maximum absolute atomic E-state index is 8.82. The lowest BCUT2D eigenvalue weighted by Gasteiger charge is -2.41. The fourth-order valence-corrected chi connectivity index (χ4v) is 4.90. The summed E-state index contributed by atoms with van der Waals surface area (Å²) in [5.74, 6) is 0.646. The number of benzene rings is 2. The average molecular weight is 514 g/mol. The van der Waals surface area contributed by atoms with Gasteiger partial charge in [-0.2, -0.15) is 0 Å². The fourth-order valence-electron chi connectivity index (χ4n) is 4.32. The van der Waals surface area contributed by atoms with Crippen LogP contribution < -0.4 is 26.3 Å². The third-order valence-electron chi connectivity index (χ3n) is 6.23. The van der Waals surface area contributed by atoms with Crippen molar-refractivity contribution in [1.82, 2.24) is 10.3 Å². The first-order chi connectivity index (χ1) is 16.8. The first-order valence-corrected chi connectivity index (χ1v) is 12.0. The van der Waals surface area contributed by atoms with Crippen LogP contribution in [0, 0.1) is 5.41 Å². The second-order valence-electron chi connectivity index (χ2n) is 8.55. The quantitative estimate of drug-likeness (QED) is 0.226. The second-order valence-corrected chi connectivity index (χ2v) is 9.37. The van der Waals surface area contributed by atoms with Gasteiger partial charge < -0.3 is 25.3 Å². The van der Waals surface area contributed by atoms with E-state index in [1.807, 2.05) is 18.2 Å². The van der Waals surface area contributed by atoms with Crippen molar-refractivity contribution in [2.24, 2.45) is 5.73 Å². The Labute approximate surface area is 213 Å². The molecule has 6 N–H and O–H groups in total. The first kappa shape index (κ1) is 23.8. The number of piperidine rings is 1. The van der Waals surface area contributed by atoms with Crippen molar-refractivity contribution in [3.05, 3.63) is 81.1 Å². The Balaban J connectivity index is 1.37. The van der Waals surface area contributed by atoms with E-state index in [1.165, 1.54) is 12.4 Å². The van der Waals surface area contributed by atoms with Crippen LogP contribution >= 0.6 is 23.2 Å². The van der Waals surface area contributed by atoms with Crippen molar-refractivity contribution in [2.75, 3.05) is 18.8 Å². The number of anilines is 1. The minimum atomic E-state index is -0.927. The zero-order chi connectivity index (χ0) is 24.6. The number of aromatic nitrogens is 1. The highest BCUT2D eigenvalue weighted by atomic mass is 35.5. The predicted molar refractivity (Wildman–Crippen MR) is 135 cm³/mol. The van der Waals surface area contributed by atoms with Gasteiger partial charge in [0, 0.05) is 66.3 Å². The van der Waals surface area contributed by atoms with Gasteiger partial charge in [-0.3, -0.25) is 16.1 Å². The van der Waals surface area contributed by atoms with E-state index in [1.54, 1.807) is 18.2 Å². The highest BCUT2D eigenvalue weighted by Gasteiger charge is 2.39. The summed E-state index contributed by atoms with van der Waals surface area (Å²) < 4.78 is 18.2. The first-order valence-electron chi connectivity index (χ1n) is 11.2. The van der Waals surface area contributed by atoms with Gasteiger partial charge in [-0.25, -0.2) is 0 Å². The topological polar surface area (TPSA) is 128 Å². The van der Waals surface area contributed by atoms with Crippen molar-refractivity contribution in [1.29, 1.82) is 5.41 Å². The zero-order valence-electron chi connectivity index (χ0n) is 18.8. The number of nitrogens with one attached hydrogen (secondary N) is 2. The molecule has 0 unspecified atom stereocenters. The van der Waals surface area contributed by atoms with Crippen LogP contribution in [0.3, 0.4) is 0 Å². The molecule has 5 rings (SSSR count). The van der Waals surface area contributed by atoms with Crippen molar-refractivity contribution in [2.45, 2.75) is 31.5 Å². The molecule has 0 aliphatic carbocycles. The summed E-state index contributed by atoms with van der Waals surface area (Å²) in [5, 5.41) is 12.8. The summed E-state index contributed by atoms with van der Waals surface area (Å²) >= 11 is 12.4. The molecular weight excluding hydrogens is 489 g/mol. The summed E-state index contributed by atoms with van der Waals surface area (Å²) in [5.41, 5.74) is 15.6. The van der Waals surface area contributed by atoms with Crippen molar-refractivity contribution in [3.63, 3.8) is 0 Å². The number of nitrogen functional groups attached to an aromatic ring is 1. The molecule has 2 aliphatic rings. The minimum absolute atomic E-state index is 0.242. The molecule has 1 fully saturated rings. The lowest BCUT2D eigenvalue weighted by molar-refractivity contribution is -0.218. The fraction of sp³-hybridized carbons (Fsp3) is 0.280. The van der Waals surface area contributed by atoms with Gasteiger partial charge in [-0.15, -0.1) is 0 Å². The molecule has 3 aromatic rings. The molecule has 0 amide bonds. The van der Waals surface area contributed by atoms with Gasteiger partial charge in [0.25, 0.3) is 0 Å². The van der Waals surface area contributed by atoms with Crippen molar-refractivity contribution >= 4 is 34.6 Å². The van der Waals surface area contributed by atoms with Gasteiger partial charge >= 0.3 is 0 Å². The molecule has 0 radical (unpaired) electrons. The zero-order valence-corrected chi connectivity index (χ0v) is 20.3. The Bertz CT molecular complexity index is 1260. The molecule has 10 heteroatoms. The number of pyridine rings is 1. The van der Waals surface area contributed by atoms with Crippen LogP contribution in [0.1, 0.15) is 41.3 Å². The number of hydrogen-bond acceptors (Lipinski definition) is 8. The van der Waals surface area contributed by atoms with Crippen LogP contribution in [0.2, 0.25) is 10.0 Å². The lowest BCUT2D eigenvalue weighted by atomic mass is 9.97. The molecule has 3 heterocycles. The number of rotatable bonds is 5. The molecule has 1 aromatic heterocycles. The van der Waals surface area contributed by atoms with Gasteiger partial charge in [0.2, 0.25) is 5.79 Å². The van der Waals surface area contributed by atoms with E-state index in [4.69, 9.17) is 54.3 Å². The van der Waals surface area contributed by atoms with Crippen LogP contribution in [-0.4, -0.2) is 29.6 Å². The summed E-state index contributed by atoms with van der Waals surface area (Å²) in [6.45, 7) is 2.15. The van der Waals surface area contributed by atoms with Crippen molar-refractivity contribution in [3.8, 4) is 11.5 Å². The summed E-state index contributed by atoms with van der Waals surface area (Å²) in [4.78, 5) is 3.93. The molecule has 0 bridgehead atoms. The number of fused-ring (bicyclic) bond motifs is 1. The normalized spacial score (nSPS) is 17.3. The standard InChI is InChI=1S/C25H25Cl2N5O3/c26-18-11-32-12-19(27)22(18)24(30)34-16-2-3-20(28)17(10-16)23(29)14-1-4-21-15(9-14)13-33-25(35-21)5-7-31-8-6-25/h1-4,9-12,24,29,31H,5-8,13,28,30H2/t24-/m0/s1. The van der Waals surface area contributed by atoms with Gasteiger partial charge in [0.1, 0.15) is 11.5 Å². The van der Waals surface area contributed by atoms with E-state index in [2.05, 4.69) is 10.3 Å². The van der Waals surface area contributed by atoms with E-state index in [0.29, 0.717) is 44.8 Å². The maximum atomic E-state index is 8.82. The van der Waals surface area contributed by atoms with Gasteiger partial charge in [0.05, 0.1) is 22.4 Å². The SMILES string of the molecule is N=C(c1ccc2c(c1)COC1(CCNCC1)O2)c1cc(O[C@H](N)c2c(Cl)cncc2Cl)ccc1N. The smallest absolute Gasteiger partial charge is 0.213 e. The second kappa shape index (κ2) is 9.64. The van der Waals surface area contributed by atoms with E-state index in [9.17, 15) is 0 Å². The Morgan fingerprint density at radius 1 is 1.11 bits per heavy atom. The van der Waals surface area contributed by atoms with Crippen LogP contribution in [0.4, 0.5) is 5.69 Å². The van der Waals surface area contributed by atoms with E-state index in [-0.39, 0.29) is 5.71 Å². The van der Waals surface area contributed by atoms with Gasteiger partial charge in [-0.1, -0.05) is 23.2 Å². The molecule has 2 aliphatic heterocycles. The van der Waals surface area contributed by atoms with Crippen LogP contribution in [0.25, 0.3) is 0 Å². The average Bonchev–Trinajstić information content (AvgIpc) is 2.85. The summed E-state index contributed by atoms with van der Waals surface area (Å²) in [7, 11) is 0. The van der Waals surface area contributed by atoms with E-state index >= 15 is 0 Å². The molecule has 2 aromatic carbocycles. The molecule has 1 atom stereocenters. The Hall–Kier alpha value is -2.88. The number of nitrogens with two attached hydrogens (primary N) is 2. The molecule has 1 saturated heterocycles. The molecule has 0 saturated carbocycles. The molecule has 182 valence electrons.